The first kappa shape index (κ1) is 28.3. The van der Waals surface area contributed by atoms with E-state index in [4.69, 9.17) is 24.4 Å². The van der Waals surface area contributed by atoms with Gasteiger partial charge >= 0.3 is 0 Å². The monoisotopic (exact) mass is 678 g/mol. The van der Waals surface area contributed by atoms with Crippen molar-refractivity contribution >= 4 is 87.6 Å². The van der Waals surface area contributed by atoms with Gasteiger partial charge in [-0.05, 0) is 66.7 Å². The third kappa shape index (κ3) is 4.04. The van der Waals surface area contributed by atoms with E-state index < -0.39 is 0 Å². The number of rotatable bonds is 3. The first-order chi connectivity index (χ1) is 26.3. The Labute approximate surface area is 301 Å². The minimum Gasteiger partial charge on any atom is -0.456 e. The Balaban J connectivity index is 1.18. The average Bonchev–Trinajstić information content (AvgIpc) is 3.86. The Bertz CT molecular complexity index is 3480. The number of nitrogens with zero attached hydrogens (tertiary/aromatic N) is 6. The normalized spacial score (nSPS) is 12.2. The second-order valence-corrected chi connectivity index (χ2v) is 13.5. The molecule has 246 valence electrons. The van der Waals surface area contributed by atoms with Crippen LogP contribution in [0.1, 0.15) is 0 Å². The zero-order valence-corrected chi connectivity index (χ0v) is 28.1. The summed E-state index contributed by atoms with van der Waals surface area (Å²) in [5.74, 6) is 1.54. The smallest absolute Gasteiger partial charge is 0.165 e. The fraction of sp³-hybridized carbons (Fsp3) is 0. The summed E-state index contributed by atoms with van der Waals surface area (Å²) >= 11 is 0. The van der Waals surface area contributed by atoms with E-state index in [9.17, 15) is 0 Å². The minimum absolute atomic E-state index is 0.758. The van der Waals surface area contributed by atoms with Crippen molar-refractivity contribution in [1.82, 2.24) is 29.1 Å². The number of hydrogen-bond donors (Lipinski definition) is 0. The molecule has 0 aliphatic carbocycles. The van der Waals surface area contributed by atoms with Crippen LogP contribution in [0, 0.1) is 0 Å². The summed E-state index contributed by atoms with van der Waals surface area (Å²) in [6.45, 7) is 0. The van der Waals surface area contributed by atoms with Crippen LogP contribution in [0.2, 0.25) is 0 Å². The molecule has 0 aliphatic heterocycles. The van der Waals surface area contributed by atoms with E-state index in [1.54, 1.807) is 0 Å². The second-order valence-electron chi connectivity index (χ2n) is 13.5. The molecule has 0 aliphatic rings. The van der Waals surface area contributed by atoms with Gasteiger partial charge in [-0.15, -0.1) is 0 Å². The van der Waals surface area contributed by atoms with Crippen molar-refractivity contribution in [1.29, 1.82) is 0 Å². The molecule has 7 nitrogen and oxygen atoms in total. The van der Waals surface area contributed by atoms with E-state index in [1.807, 2.05) is 72.9 Å². The van der Waals surface area contributed by atoms with Crippen molar-refractivity contribution in [3.8, 4) is 22.9 Å². The molecule has 53 heavy (non-hydrogen) atoms. The highest BCUT2D eigenvalue weighted by Gasteiger charge is 2.23. The van der Waals surface area contributed by atoms with Gasteiger partial charge in [-0.1, -0.05) is 84.9 Å². The van der Waals surface area contributed by atoms with Crippen LogP contribution in [-0.4, -0.2) is 29.1 Å². The van der Waals surface area contributed by atoms with Gasteiger partial charge in [-0.3, -0.25) is 14.1 Å². The first-order valence-electron chi connectivity index (χ1n) is 17.6. The zero-order chi connectivity index (χ0) is 34.6. The van der Waals surface area contributed by atoms with Crippen molar-refractivity contribution in [2.24, 2.45) is 0 Å². The Hall–Kier alpha value is -7.38. The molecule has 0 amide bonds. The van der Waals surface area contributed by atoms with E-state index >= 15 is 0 Å². The number of fused-ring (bicyclic) bond motifs is 11. The molecule has 0 radical (unpaired) electrons. The summed E-state index contributed by atoms with van der Waals surface area (Å²) in [4.78, 5) is 20.6. The molecule has 0 saturated heterocycles. The molecule has 5 aromatic heterocycles. The van der Waals surface area contributed by atoms with Crippen LogP contribution in [0.25, 0.3) is 111 Å². The summed E-state index contributed by atoms with van der Waals surface area (Å²) in [7, 11) is 0. The quantitative estimate of drug-likeness (QED) is 0.186. The highest BCUT2D eigenvalue weighted by atomic mass is 16.3. The van der Waals surface area contributed by atoms with Gasteiger partial charge < -0.3 is 4.42 Å². The minimum atomic E-state index is 0.758. The van der Waals surface area contributed by atoms with E-state index in [0.29, 0.717) is 0 Å². The second kappa shape index (κ2) is 10.6. The highest BCUT2D eigenvalue weighted by molar-refractivity contribution is 6.19. The number of furan rings is 1. The van der Waals surface area contributed by atoms with Crippen LogP contribution in [0.15, 0.2) is 162 Å². The van der Waals surface area contributed by atoms with Crippen LogP contribution in [0.5, 0.6) is 0 Å². The molecule has 0 bridgehead atoms. The highest BCUT2D eigenvalue weighted by Crippen LogP contribution is 2.41. The summed E-state index contributed by atoms with van der Waals surface area (Å²) < 4.78 is 10.9. The molecule has 5 heterocycles. The van der Waals surface area contributed by atoms with Gasteiger partial charge in [0.1, 0.15) is 16.9 Å². The van der Waals surface area contributed by atoms with E-state index in [0.717, 1.165) is 111 Å². The van der Waals surface area contributed by atoms with Crippen molar-refractivity contribution in [3.05, 3.63) is 158 Å². The molecule has 0 atom stereocenters. The summed E-state index contributed by atoms with van der Waals surface area (Å²) in [6.07, 6.45) is 1.87. The van der Waals surface area contributed by atoms with Crippen LogP contribution in [0.4, 0.5) is 0 Å². The van der Waals surface area contributed by atoms with Gasteiger partial charge in [0, 0.05) is 37.9 Å². The standard InChI is InChI=1S/C46H26N6O/c1-8-18-38-28(11-1)32-25-41-33(24-40(32)51(38)44-26-47-34-14-4-5-15-35(34)48-44)29-12-2-9-19-39(29)52(41)46-45(49-36-16-6-7-17-37(36)50-46)27-21-22-31-30-13-3-10-20-42(30)53-43(31)23-27/h1-26H. The van der Waals surface area contributed by atoms with Gasteiger partial charge in [0.25, 0.3) is 0 Å². The summed E-state index contributed by atoms with van der Waals surface area (Å²) in [5, 5.41) is 6.66. The fourth-order valence-corrected chi connectivity index (χ4v) is 8.17. The van der Waals surface area contributed by atoms with Gasteiger partial charge in [0.05, 0.1) is 50.3 Å². The lowest BCUT2D eigenvalue weighted by Gasteiger charge is -2.14. The van der Waals surface area contributed by atoms with Crippen molar-refractivity contribution in [2.45, 2.75) is 0 Å². The van der Waals surface area contributed by atoms with Crippen molar-refractivity contribution in [3.63, 3.8) is 0 Å². The predicted octanol–water partition coefficient (Wildman–Crippen LogP) is 11.3. The van der Waals surface area contributed by atoms with Gasteiger partial charge in [-0.2, -0.15) is 0 Å². The molecular weight excluding hydrogens is 653 g/mol. The molecule has 12 rings (SSSR count). The molecule has 7 aromatic carbocycles. The van der Waals surface area contributed by atoms with Gasteiger partial charge in [0.2, 0.25) is 0 Å². The van der Waals surface area contributed by atoms with Crippen LogP contribution in [-0.2, 0) is 0 Å². The number of benzene rings is 7. The first-order valence-corrected chi connectivity index (χ1v) is 17.6. The Morgan fingerprint density at radius 3 is 1.72 bits per heavy atom. The maximum atomic E-state index is 6.36. The largest absolute Gasteiger partial charge is 0.456 e. The number of aromatic nitrogens is 6. The number of hydrogen-bond acceptors (Lipinski definition) is 5. The van der Waals surface area contributed by atoms with Crippen molar-refractivity contribution in [2.75, 3.05) is 0 Å². The Kier molecular flexibility index (Phi) is 5.65. The fourth-order valence-electron chi connectivity index (χ4n) is 8.17. The lowest BCUT2D eigenvalue weighted by atomic mass is 10.1. The van der Waals surface area contributed by atoms with E-state index in [-0.39, 0.29) is 0 Å². The van der Waals surface area contributed by atoms with Crippen LogP contribution < -0.4 is 0 Å². The Morgan fingerprint density at radius 2 is 0.962 bits per heavy atom. The molecule has 12 aromatic rings. The van der Waals surface area contributed by atoms with E-state index in [2.05, 4.69) is 94.1 Å². The summed E-state index contributed by atoms with van der Waals surface area (Å²) in [6, 6.07) is 52.3. The molecule has 0 fully saturated rings. The zero-order valence-electron chi connectivity index (χ0n) is 28.1. The molecule has 7 heteroatoms. The topological polar surface area (TPSA) is 74.6 Å². The van der Waals surface area contributed by atoms with Crippen molar-refractivity contribution < 1.29 is 4.42 Å². The van der Waals surface area contributed by atoms with E-state index in [1.165, 1.54) is 0 Å². The number of para-hydroxylation sites is 7. The third-order valence-electron chi connectivity index (χ3n) is 10.5. The van der Waals surface area contributed by atoms with Crippen LogP contribution >= 0.6 is 0 Å². The Morgan fingerprint density at radius 1 is 0.396 bits per heavy atom. The predicted molar refractivity (Wildman–Crippen MR) is 214 cm³/mol. The van der Waals surface area contributed by atoms with Crippen LogP contribution in [0.3, 0.4) is 0 Å². The molecule has 0 spiro atoms. The SMILES string of the molecule is c1ccc2nc(-n3c4ccccc4c4cc5c(cc43)c3ccccc3n5-c3nc4ccccc4nc3-c3ccc4c(c3)oc3ccccc34)cnc2c1. The average molecular weight is 679 g/mol. The lowest BCUT2D eigenvalue weighted by Crippen LogP contribution is -2.03. The molecular formula is C46H26N6O. The van der Waals surface area contributed by atoms with Gasteiger partial charge in [0.15, 0.2) is 11.6 Å². The summed E-state index contributed by atoms with van der Waals surface area (Å²) in [5.41, 5.74) is 11.0. The molecule has 0 N–H and O–H groups in total. The maximum absolute atomic E-state index is 6.36. The van der Waals surface area contributed by atoms with Gasteiger partial charge in [-0.25, -0.2) is 15.0 Å². The maximum Gasteiger partial charge on any atom is 0.165 e. The molecule has 0 saturated carbocycles. The molecule has 0 unspecified atom stereocenters. The third-order valence-corrected chi connectivity index (χ3v) is 10.5. The lowest BCUT2D eigenvalue weighted by molar-refractivity contribution is 0.669.